The van der Waals surface area contributed by atoms with Gasteiger partial charge >= 0.3 is 0 Å². The van der Waals surface area contributed by atoms with Gasteiger partial charge in [0.15, 0.2) is 0 Å². The van der Waals surface area contributed by atoms with Crippen molar-refractivity contribution in [3.05, 3.63) is 48.0 Å². The summed E-state index contributed by atoms with van der Waals surface area (Å²) in [6.45, 7) is 6.08. The van der Waals surface area contributed by atoms with E-state index in [2.05, 4.69) is 46.4 Å². The number of aromatic nitrogens is 3. The predicted octanol–water partition coefficient (Wildman–Crippen LogP) is 3.26. The molecule has 1 aromatic heterocycles. The molecule has 0 atom stereocenters. The van der Waals surface area contributed by atoms with Crippen molar-refractivity contribution in [2.45, 2.75) is 46.1 Å². The molecular weight excluding hydrogens is 264 g/mol. The molecule has 2 aromatic rings. The van der Waals surface area contributed by atoms with Gasteiger partial charge in [-0.3, -0.25) is 0 Å². The van der Waals surface area contributed by atoms with E-state index in [4.69, 9.17) is 4.84 Å². The molecular formula is C16H22N4O. The average molecular weight is 286 g/mol. The molecule has 1 aromatic carbocycles. The maximum atomic E-state index is 5.38. The minimum absolute atomic E-state index is 0.0207. The maximum Gasteiger partial charge on any atom is 0.201 e. The van der Waals surface area contributed by atoms with Crippen molar-refractivity contribution in [1.29, 1.82) is 0 Å². The highest BCUT2D eigenvalue weighted by molar-refractivity contribution is 5.99. The van der Waals surface area contributed by atoms with Gasteiger partial charge in [0.1, 0.15) is 18.8 Å². The standard InChI is InChI=1S/C16H22N4O/c1-4-5-6-14-7-9-15(10-8-14)16(19-21-13(2)3)20-12-17-11-18-20/h7-13H,4-6H2,1-3H3/b19-16+. The molecule has 0 radical (unpaired) electrons. The first-order valence-corrected chi connectivity index (χ1v) is 7.39. The van der Waals surface area contributed by atoms with E-state index in [9.17, 15) is 0 Å². The van der Waals surface area contributed by atoms with Gasteiger partial charge in [-0.25, -0.2) is 4.98 Å². The summed E-state index contributed by atoms with van der Waals surface area (Å²) in [7, 11) is 0. The molecule has 0 aliphatic carbocycles. The molecule has 2 rings (SSSR count). The molecule has 0 N–H and O–H groups in total. The average Bonchev–Trinajstić information content (AvgIpc) is 3.00. The number of unbranched alkanes of at least 4 members (excludes halogenated alkanes) is 1. The highest BCUT2D eigenvalue weighted by Gasteiger charge is 2.09. The van der Waals surface area contributed by atoms with Crippen LogP contribution in [0.3, 0.4) is 0 Å². The second-order valence-electron chi connectivity index (χ2n) is 5.21. The van der Waals surface area contributed by atoms with Gasteiger partial charge in [0.05, 0.1) is 0 Å². The fraction of sp³-hybridized carbons (Fsp3) is 0.438. The third-order valence-electron chi connectivity index (χ3n) is 3.02. The molecule has 0 bridgehead atoms. The fourth-order valence-electron chi connectivity index (χ4n) is 1.90. The van der Waals surface area contributed by atoms with Crippen LogP contribution in [-0.2, 0) is 11.3 Å². The number of oxime groups is 1. The Morgan fingerprint density at radius 1 is 1.29 bits per heavy atom. The van der Waals surface area contributed by atoms with Gasteiger partial charge in [-0.1, -0.05) is 42.8 Å². The third kappa shape index (κ3) is 4.41. The molecule has 5 nitrogen and oxygen atoms in total. The van der Waals surface area contributed by atoms with Crippen molar-refractivity contribution in [3.63, 3.8) is 0 Å². The summed E-state index contributed by atoms with van der Waals surface area (Å²) < 4.78 is 1.61. The Morgan fingerprint density at radius 2 is 2.05 bits per heavy atom. The molecule has 1 heterocycles. The number of hydrogen-bond donors (Lipinski definition) is 0. The lowest BCUT2D eigenvalue weighted by molar-refractivity contribution is 0.0851. The van der Waals surface area contributed by atoms with Crippen molar-refractivity contribution in [3.8, 4) is 0 Å². The molecule has 0 aliphatic heterocycles. The van der Waals surface area contributed by atoms with Gasteiger partial charge in [0, 0.05) is 5.56 Å². The monoisotopic (exact) mass is 286 g/mol. The SMILES string of the molecule is CCCCc1ccc(/C(=N\OC(C)C)n2cncn2)cc1. The quantitative estimate of drug-likeness (QED) is 0.465. The van der Waals surface area contributed by atoms with Gasteiger partial charge in [-0.15, -0.1) is 0 Å². The van der Waals surface area contributed by atoms with Crippen LogP contribution in [0.1, 0.15) is 44.7 Å². The normalized spacial score (nSPS) is 11.9. The predicted molar refractivity (Wildman–Crippen MR) is 83.2 cm³/mol. The highest BCUT2D eigenvalue weighted by atomic mass is 16.6. The van der Waals surface area contributed by atoms with E-state index in [1.165, 1.54) is 24.7 Å². The molecule has 0 aliphatic rings. The van der Waals surface area contributed by atoms with Crippen LogP contribution in [0.25, 0.3) is 0 Å². The number of hydrogen-bond acceptors (Lipinski definition) is 4. The van der Waals surface area contributed by atoms with Crippen LogP contribution in [0, 0.1) is 0 Å². The van der Waals surface area contributed by atoms with Gasteiger partial charge in [0.25, 0.3) is 0 Å². The van der Waals surface area contributed by atoms with E-state index < -0.39 is 0 Å². The summed E-state index contributed by atoms with van der Waals surface area (Å²) in [5, 5.41) is 8.34. The van der Waals surface area contributed by atoms with E-state index in [-0.39, 0.29) is 6.10 Å². The van der Waals surface area contributed by atoms with Crippen LogP contribution in [0.4, 0.5) is 0 Å². The Hall–Kier alpha value is -2.17. The molecule has 0 amide bonds. The summed E-state index contributed by atoms with van der Waals surface area (Å²) in [6.07, 6.45) is 6.64. The maximum absolute atomic E-state index is 5.38. The van der Waals surface area contributed by atoms with E-state index in [0.29, 0.717) is 5.84 Å². The summed E-state index contributed by atoms with van der Waals surface area (Å²) >= 11 is 0. The topological polar surface area (TPSA) is 52.3 Å². The number of benzene rings is 1. The summed E-state index contributed by atoms with van der Waals surface area (Å²) in [6, 6.07) is 8.37. The molecule has 0 fully saturated rings. The largest absolute Gasteiger partial charge is 0.391 e. The van der Waals surface area contributed by atoms with Gasteiger partial charge in [-0.05, 0) is 32.3 Å². The van der Waals surface area contributed by atoms with Crippen LogP contribution in [0.15, 0.2) is 42.1 Å². The minimum atomic E-state index is 0.0207. The zero-order chi connectivity index (χ0) is 15.1. The van der Waals surface area contributed by atoms with Gasteiger partial charge in [-0.2, -0.15) is 9.78 Å². The van der Waals surface area contributed by atoms with Crippen molar-refractivity contribution >= 4 is 5.84 Å². The number of aryl methyl sites for hydroxylation is 1. The Labute approximate surface area is 125 Å². The molecule has 112 valence electrons. The smallest absolute Gasteiger partial charge is 0.201 e. The summed E-state index contributed by atoms with van der Waals surface area (Å²) in [5.41, 5.74) is 2.30. The lowest BCUT2D eigenvalue weighted by atomic mass is 10.1. The van der Waals surface area contributed by atoms with Crippen molar-refractivity contribution in [2.75, 3.05) is 0 Å². The van der Waals surface area contributed by atoms with Gasteiger partial charge in [0.2, 0.25) is 5.84 Å². The molecule has 21 heavy (non-hydrogen) atoms. The highest BCUT2D eigenvalue weighted by Crippen LogP contribution is 2.10. The lowest BCUT2D eigenvalue weighted by Gasteiger charge is -2.09. The molecule has 0 saturated heterocycles. The molecule has 0 spiro atoms. The van der Waals surface area contributed by atoms with Crippen molar-refractivity contribution < 1.29 is 4.84 Å². The van der Waals surface area contributed by atoms with Crippen LogP contribution in [0.5, 0.6) is 0 Å². The zero-order valence-electron chi connectivity index (χ0n) is 12.9. The van der Waals surface area contributed by atoms with E-state index in [1.54, 1.807) is 11.0 Å². The Morgan fingerprint density at radius 3 is 2.62 bits per heavy atom. The number of nitrogens with zero attached hydrogens (tertiary/aromatic N) is 4. The van der Waals surface area contributed by atoms with Crippen LogP contribution < -0.4 is 0 Å². The second kappa shape index (κ2) is 7.57. The second-order valence-corrected chi connectivity index (χ2v) is 5.21. The van der Waals surface area contributed by atoms with Crippen LogP contribution in [0.2, 0.25) is 0 Å². The van der Waals surface area contributed by atoms with Crippen LogP contribution >= 0.6 is 0 Å². The first-order chi connectivity index (χ1) is 10.2. The molecule has 0 unspecified atom stereocenters. The lowest BCUT2D eigenvalue weighted by Crippen LogP contribution is -2.16. The number of rotatable bonds is 6. The van der Waals surface area contributed by atoms with Gasteiger partial charge < -0.3 is 4.84 Å². The van der Waals surface area contributed by atoms with Crippen molar-refractivity contribution in [1.82, 2.24) is 14.8 Å². The Kier molecular flexibility index (Phi) is 5.49. The third-order valence-corrected chi connectivity index (χ3v) is 3.02. The molecule has 0 saturated carbocycles. The van der Waals surface area contributed by atoms with E-state index in [1.807, 2.05) is 13.8 Å². The van der Waals surface area contributed by atoms with Crippen molar-refractivity contribution in [2.24, 2.45) is 5.16 Å². The summed E-state index contributed by atoms with van der Waals surface area (Å²) in [5.74, 6) is 0.642. The Balaban J connectivity index is 2.22. The van der Waals surface area contributed by atoms with E-state index >= 15 is 0 Å². The molecule has 5 heteroatoms. The van der Waals surface area contributed by atoms with Crippen LogP contribution in [-0.4, -0.2) is 26.7 Å². The zero-order valence-corrected chi connectivity index (χ0v) is 12.9. The Bertz CT molecular complexity index is 558. The first kappa shape index (κ1) is 15.2. The fourth-order valence-corrected chi connectivity index (χ4v) is 1.90. The minimum Gasteiger partial charge on any atom is -0.391 e. The summed E-state index contributed by atoms with van der Waals surface area (Å²) in [4.78, 5) is 9.35. The first-order valence-electron chi connectivity index (χ1n) is 7.39. The van der Waals surface area contributed by atoms with E-state index in [0.717, 1.165) is 12.0 Å².